The molecule has 0 saturated carbocycles. The molecule has 0 radical (unpaired) electrons. The van der Waals surface area contributed by atoms with Gasteiger partial charge in [0, 0.05) is 12.6 Å². The molecule has 106 valence electrons. The van der Waals surface area contributed by atoms with Gasteiger partial charge in [-0.2, -0.15) is 0 Å². The molecule has 0 spiro atoms. The van der Waals surface area contributed by atoms with Crippen LogP contribution in [0, 0.1) is 5.92 Å². The molecule has 0 saturated heterocycles. The van der Waals surface area contributed by atoms with Crippen LogP contribution in [-0.4, -0.2) is 18.5 Å². The first kappa shape index (κ1) is 14.5. The summed E-state index contributed by atoms with van der Waals surface area (Å²) in [4.78, 5) is 12.1. The fourth-order valence-electron chi connectivity index (χ4n) is 2.29. The number of carbonyl (C=O) groups excluding carboxylic acids is 1. The van der Waals surface area contributed by atoms with E-state index in [1.54, 1.807) is 0 Å². The first-order valence-corrected chi connectivity index (χ1v) is 7.07. The molecule has 3 heteroatoms. The van der Waals surface area contributed by atoms with E-state index < -0.39 is 0 Å². The predicted molar refractivity (Wildman–Crippen MR) is 83.5 cm³/mol. The molecular weight excluding hydrogens is 248 g/mol. The van der Waals surface area contributed by atoms with Crippen molar-refractivity contribution in [2.75, 3.05) is 6.54 Å². The van der Waals surface area contributed by atoms with E-state index in [2.05, 4.69) is 43.4 Å². The maximum atomic E-state index is 12.1. The van der Waals surface area contributed by atoms with E-state index >= 15 is 0 Å². The molecule has 1 atom stereocenters. The fourth-order valence-corrected chi connectivity index (χ4v) is 2.29. The summed E-state index contributed by atoms with van der Waals surface area (Å²) in [5, 5.41) is 5.36. The van der Waals surface area contributed by atoms with Gasteiger partial charge in [0.2, 0.25) is 5.91 Å². The number of carbonyl (C=O) groups is 1. The Morgan fingerprint density at radius 2 is 1.85 bits per heavy atom. The number of benzene rings is 2. The molecule has 20 heavy (non-hydrogen) atoms. The highest BCUT2D eigenvalue weighted by molar-refractivity contribution is 5.85. The van der Waals surface area contributed by atoms with Crippen molar-refractivity contribution in [3.05, 3.63) is 48.0 Å². The summed E-state index contributed by atoms with van der Waals surface area (Å²) < 4.78 is 0. The molecule has 0 fully saturated rings. The molecule has 2 rings (SSSR count). The lowest BCUT2D eigenvalue weighted by molar-refractivity contribution is -0.121. The summed E-state index contributed by atoms with van der Waals surface area (Å²) in [6, 6.07) is 14.3. The molecular formula is C17H22N2O. The van der Waals surface area contributed by atoms with Crippen molar-refractivity contribution < 1.29 is 4.79 Å². The minimum absolute atomic E-state index is 0.0319. The van der Waals surface area contributed by atoms with Gasteiger partial charge < -0.3 is 11.1 Å². The largest absolute Gasteiger partial charge is 0.352 e. The maximum absolute atomic E-state index is 12.1. The lowest BCUT2D eigenvalue weighted by atomic mass is 10.0. The monoisotopic (exact) mass is 270 g/mol. The summed E-state index contributed by atoms with van der Waals surface area (Å²) >= 11 is 0. The van der Waals surface area contributed by atoms with E-state index in [1.807, 2.05) is 18.2 Å². The number of hydrogen-bond donors (Lipinski definition) is 2. The van der Waals surface area contributed by atoms with Gasteiger partial charge in [-0.1, -0.05) is 56.3 Å². The van der Waals surface area contributed by atoms with Gasteiger partial charge in [-0.3, -0.25) is 4.79 Å². The Bertz CT molecular complexity index is 592. The zero-order chi connectivity index (χ0) is 14.5. The van der Waals surface area contributed by atoms with Crippen LogP contribution in [0.2, 0.25) is 0 Å². The second-order valence-electron chi connectivity index (χ2n) is 5.51. The molecule has 1 unspecified atom stereocenters. The van der Waals surface area contributed by atoms with Gasteiger partial charge in [0.15, 0.2) is 0 Å². The van der Waals surface area contributed by atoms with Crippen molar-refractivity contribution in [1.82, 2.24) is 5.32 Å². The van der Waals surface area contributed by atoms with Gasteiger partial charge in [-0.05, 0) is 22.3 Å². The standard InChI is InChI=1S/C17H22N2O/c1-12(2)16(11-18)19-17(20)10-13-7-8-14-5-3-4-6-15(14)9-13/h3-9,12,16H,10-11,18H2,1-2H3,(H,19,20). The lowest BCUT2D eigenvalue weighted by Crippen LogP contribution is -2.44. The van der Waals surface area contributed by atoms with E-state index in [4.69, 9.17) is 5.73 Å². The normalized spacial score (nSPS) is 12.6. The third kappa shape index (κ3) is 3.58. The number of nitrogens with two attached hydrogens (primary N) is 1. The molecule has 2 aromatic rings. The summed E-state index contributed by atoms with van der Waals surface area (Å²) in [6.07, 6.45) is 0.397. The molecule has 1 amide bonds. The van der Waals surface area contributed by atoms with Crippen LogP contribution in [0.25, 0.3) is 10.8 Å². The van der Waals surface area contributed by atoms with Gasteiger partial charge in [-0.25, -0.2) is 0 Å². The summed E-state index contributed by atoms with van der Waals surface area (Å²) in [5.74, 6) is 0.380. The molecule has 2 aromatic carbocycles. The number of nitrogens with one attached hydrogen (secondary N) is 1. The van der Waals surface area contributed by atoms with E-state index in [-0.39, 0.29) is 11.9 Å². The molecule has 0 aliphatic heterocycles. The fraction of sp³-hybridized carbons (Fsp3) is 0.353. The average Bonchev–Trinajstić information content (AvgIpc) is 2.44. The highest BCUT2D eigenvalue weighted by atomic mass is 16.1. The number of hydrogen-bond acceptors (Lipinski definition) is 2. The zero-order valence-electron chi connectivity index (χ0n) is 12.1. The van der Waals surface area contributed by atoms with Crippen molar-refractivity contribution in [2.45, 2.75) is 26.3 Å². The molecule has 0 aliphatic carbocycles. The van der Waals surface area contributed by atoms with E-state index in [0.29, 0.717) is 18.9 Å². The highest BCUT2D eigenvalue weighted by Gasteiger charge is 2.14. The maximum Gasteiger partial charge on any atom is 0.224 e. The van der Waals surface area contributed by atoms with E-state index in [1.165, 1.54) is 5.39 Å². The van der Waals surface area contributed by atoms with Crippen LogP contribution in [0.1, 0.15) is 19.4 Å². The minimum Gasteiger partial charge on any atom is -0.352 e. The van der Waals surface area contributed by atoms with Gasteiger partial charge in [0.05, 0.1) is 6.42 Å². The van der Waals surface area contributed by atoms with Crippen LogP contribution in [0.5, 0.6) is 0 Å². The van der Waals surface area contributed by atoms with Crippen molar-refractivity contribution in [3.8, 4) is 0 Å². The van der Waals surface area contributed by atoms with Gasteiger partial charge in [0.25, 0.3) is 0 Å². The number of rotatable bonds is 5. The van der Waals surface area contributed by atoms with Crippen LogP contribution in [-0.2, 0) is 11.2 Å². The summed E-state index contributed by atoms with van der Waals surface area (Å²) in [5.41, 5.74) is 6.70. The topological polar surface area (TPSA) is 55.1 Å². The number of amides is 1. The molecule has 0 heterocycles. The number of fused-ring (bicyclic) bond motifs is 1. The van der Waals surface area contributed by atoms with Crippen molar-refractivity contribution >= 4 is 16.7 Å². The predicted octanol–water partition coefficient (Wildman–Crippen LogP) is 2.48. The highest BCUT2D eigenvalue weighted by Crippen LogP contribution is 2.16. The Hall–Kier alpha value is -1.87. The van der Waals surface area contributed by atoms with E-state index in [9.17, 15) is 4.79 Å². The molecule has 3 N–H and O–H groups in total. The van der Waals surface area contributed by atoms with Crippen LogP contribution in [0.15, 0.2) is 42.5 Å². The van der Waals surface area contributed by atoms with Crippen LogP contribution < -0.4 is 11.1 Å². The Balaban J connectivity index is 2.06. The third-order valence-corrected chi connectivity index (χ3v) is 3.58. The van der Waals surface area contributed by atoms with Gasteiger partial charge >= 0.3 is 0 Å². The zero-order valence-corrected chi connectivity index (χ0v) is 12.1. The molecule has 0 aromatic heterocycles. The van der Waals surface area contributed by atoms with Crippen molar-refractivity contribution in [2.24, 2.45) is 11.7 Å². The summed E-state index contributed by atoms with van der Waals surface area (Å²) in [7, 11) is 0. The van der Waals surface area contributed by atoms with Crippen LogP contribution in [0.4, 0.5) is 0 Å². The Labute approximate surface area is 120 Å². The van der Waals surface area contributed by atoms with Crippen molar-refractivity contribution in [3.63, 3.8) is 0 Å². The first-order chi connectivity index (χ1) is 9.60. The molecule has 0 aliphatic rings. The second-order valence-corrected chi connectivity index (χ2v) is 5.51. The van der Waals surface area contributed by atoms with Crippen molar-refractivity contribution in [1.29, 1.82) is 0 Å². The average molecular weight is 270 g/mol. The van der Waals surface area contributed by atoms with Crippen LogP contribution in [0.3, 0.4) is 0 Å². The Kier molecular flexibility index (Phi) is 4.74. The SMILES string of the molecule is CC(C)C(CN)NC(=O)Cc1ccc2ccccc2c1. The molecule has 3 nitrogen and oxygen atoms in total. The summed E-state index contributed by atoms with van der Waals surface area (Å²) in [6.45, 7) is 4.60. The Morgan fingerprint density at radius 1 is 1.15 bits per heavy atom. The lowest BCUT2D eigenvalue weighted by Gasteiger charge is -2.20. The smallest absolute Gasteiger partial charge is 0.224 e. The van der Waals surface area contributed by atoms with E-state index in [0.717, 1.165) is 10.9 Å². The molecule has 0 bridgehead atoms. The minimum atomic E-state index is 0.0319. The van der Waals surface area contributed by atoms with Gasteiger partial charge in [0.1, 0.15) is 0 Å². The first-order valence-electron chi connectivity index (χ1n) is 7.07. The third-order valence-electron chi connectivity index (χ3n) is 3.58. The van der Waals surface area contributed by atoms with Crippen LogP contribution >= 0.6 is 0 Å². The second kappa shape index (κ2) is 6.53. The van der Waals surface area contributed by atoms with Gasteiger partial charge in [-0.15, -0.1) is 0 Å². The quantitative estimate of drug-likeness (QED) is 0.877. The Morgan fingerprint density at radius 3 is 2.50 bits per heavy atom.